The van der Waals surface area contributed by atoms with E-state index in [4.69, 9.17) is 0 Å². The molecular weight excluding hydrogens is 300 g/mol. The topological polar surface area (TPSA) is 79.3 Å². The van der Waals surface area contributed by atoms with Crippen LogP contribution in [0.5, 0.6) is 0 Å². The average Bonchev–Trinajstić information content (AvgIpc) is 3.00. The van der Waals surface area contributed by atoms with Crippen LogP contribution in [0, 0.1) is 0 Å². The number of thiazole rings is 1. The molecule has 0 saturated heterocycles. The zero-order valence-corrected chi connectivity index (χ0v) is 12.2. The molecule has 0 aliphatic carbocycles. The number of carboxylic acid groups (broad SMARTS) is 1. The van der Waals surface area contributed by atoms with Gasteiger partial charge in [-0.05, 0) is 23.8 Å². The van der Waals surface area contributed by atoms with Gasteiger partial charge in [-0.25, -0.2) is 9.78 Å². The Morgan fingerprint density at radius 3 is 2.64 bits per heavy atom. The van der Waals surface area contributed by atoms with Gasteiger partial charge in [0.15, 0.2) is 6.04 Å². The molecule has 22 heavy (non-hydrogen) atoms. The van der Waals surface area contributed by atoms with Crippen LogP contribution in [0.1, 0.15) is 22.0 Å². The second-order valence-electron chi connectivity index (χ2n) is 4.69. The second-order valence-corrected chi connectivity index (χ2v) is 5.58. The van der Waals surface area contributed by atoms with Gasteiger partial charge >= 0.3 is 5.97 Å². The SMILES string of the molecule is O=C(N[C@H](C(=O)O)c1ccccc1)c1ccc2ncsc2c1. The Morgan fingerprint density at radius 1 is 1.14 bits per heavy atom. The van der Waals surface area contributed by atoms with E-state index in [9.17, 15) is 14.7 Å². The van der Waals surface area contributed by atoms with E-state index in [1.165, 1.54) is 11.3 Å². The Kier molecular flexibility index (Phi) is 3.84. The number of nitrogens with one attached hydrogen (secondary N) is 1. The number of carbonyl (C=O) groups is 2. The molecule has 1 amide bonds. The fourth-order valence-corrected chi connectivity index (χ4v) is 2.86. The Bertz CT molecular complexity index is 830. The second kappa shape index (κ2) is 5.95. The van der Waals surface area contributed by atoms with E-state index in [2.05, 4.69) is 10.3 Å². The van der Waals surface area contributed by atoms with Gasteiger partial charge in [-0.2, -0.15) is 0 Å². The van der Waals surface area contributed by atoms with Gasteiger partial charge in [0, 0.05) is 5.56 Å². The molecule has 0 spiro atoms. The maximum Gasteiger partial charge on any atom is 0.330 e. The molecule has 0 fully saturated rings. The highest BCUT2D eigenvalue weighted by Gasteiger charge is 2.22. The number of hydrogen-bond acceptors (Lipinski definition) is 4. The highest BCUT2D eigenvalue weighted by Crippen LogP contribution is 2.20. The Labute approximate surface area is 130 Å². The minimum Gasteiger partial charge on any atom is -0.479 e. The Balaban J connectivity index is 1.86. The van der Waals surface area contributed by atoms with Gasteiger partial charge in [-0.1, -0.05) is 30.3 Å². The van der Waals surface area contributed by atoms with Gasteiger partial charge in [0.2, 0.25) is 0 Å². The maximum atomic E-state index is 12.3. The summed E-state index contributed by atoms with van der Waals surface area (Å²) >= 11 is 1.43. The lowest BCUT2D eigenvalue weighted by Gasteiger charge is -2.14. The number of nitrogens with zero attached hydrogens (tertiary/aromatic N) is 1. The zero-order valence-electron chi connectivity index (χ0n) is 11.4. The quantitative estimate of drug-likeness (QED) is 0.776. The summed E-state index contributed by atoms with van der Waals surface area (Å²) in [6.45, 7) is 0. The average molecular weight is 312 g/mol. The molecule has 3 aromatic rings. The lowest BCUT2D eigenvalue weighted by Crippen LogP contribution is -2.33. The number of carboxylic acids is 1. The largest absolute Gasteiger partial charge is 0.479 e. The van der Waals surface area contributed by atoms with Crippen molar-refractivity contribution in [2.75, 3.05) is 0 Å². The third-order valence-corrected chi connectivity index (χ3v) is 4.04. The van der Waals surface area contributed by atoms with Gasteiger partial charge in [-0.15, -0.1) is 11.3 Å². The summed E-state index contributed by atoms with van der Waals surface area (Å²) < 4.78 is 0.888. The standard InChI is InChI=1S/C16H12N2O3S/c19-15(11-6-7-12-13(8-11)22-9-17-12)18-14(16(20)21)10-4-2-1-3-5-10/h1-9,14H,(H,18,19)(H,20,21)/t14-/m0/s1. The summed E-state index contributed by atoms with van der Waals surface area (Å²) in [6, 6.07) is 12.6. The van der Waals surface area contributed by atoms with E-state index in [0.717, 1.165) is 10.2 Å². The van der Waals surface area contributed by atoms with Crippen LogP contribution in [0.4, 0.5) is 0 Å². The van der Waals surface area contributed by atoms with Crippen LogP contribution in [0.15, 0.2) is 54.0 Å². The van der Waals surface area contributed by atoms with E-state index in [1.807, 2.05) is 0 Å². The van der Waals surface area contributed by atoms with Crippen LogP contribution in [0.25, 0.3) is 10.2 Å². The first-order valence-electron chi connectivity index (χ1n) is 6.57. The lowest BCUT2D eigenvalue weighted by molar-refractivity contribution is -0.139. The number of aromatic nitrogens is 1. The molecule has 1 atom stereocenters. The molecule has 2 N–H and O–H groups in total. The Morgan fingerprint density at radius 2 is 1.91 bits per heavy atom. The van der Waals surface area contributed by atoms with E-state index >= 15 is 0 Å². The highest BCUT2D eigenvalue weighted by atomic mass is 32.1. The molecule has 5 nitrogen and oxygen atoms in total. The molecule has 6 heteroatoms. The first-order valence-corrected chi connectivity index (χ1v) is 7.45. The fourth-order valence-electron chi connectivity index (χ4n) is 2.14. The summed E-state index contributed by atoms with van der Waals surface area (Å²) in [4.78, 5) is 27.9. The van der Waals surface area contributed by atoms with Crippen LogP contribution in [-0.2, 0) is 4.79 Å². The van der Waals surface area contributed by atoms with Gasteiger partial charge in [0.05, 0.1) is 15.7 Å². The van der Waals surface area contributed by atoms with Gasteiger partial charge in [0.25, 0.3) is 5.91 Å². The monoisotopic (exact) mass is 312 g/mol. The van der Waals surface area contributed by atoms with Crippen molar-refractivity contribution >= 4 is 33.4 Å². The van der Waals surface area contributed by atoms with Crippen LogP contribution < -0.4 is 5.32 Å². The third-order valence-electron chi connectivity index (χ3n) is 3.25. The molecule has 0 aliphatic rings. The molecule has 110 valence electrons. The van der Waals surface area contributed by atoms with E-state index in [-0.39, 0.29) is 0 Å². The smallest absolute Gasteiger partial charge is 0.330 e. The van der Waals surface area contributed by atoms with Crippen molar-refractivity contribution in [1.29, 1.82) is 0 Å². The van der Waals surface area contributed by atoms with Crippen LogP contribution in [0.2, 0.25) is 0 Å². The lowest BCUT2D eigenvalue weighted by atomic mass is 10.1. The summed E-state index contributed by atoms with van der Waals surface area (Å²) in [7, 11) is 0. The van der Waals surface area contributed by atoms with Crippen LogP contribution in [0.3, 0.4) is 0 Å². The molecule has 0 saturated carbocycles. The first-order chi connectivity index (χ1) is 10.6. The number of fused-ring (bicyclic) bond motifs is 1. The molecule has 2 aromatic carbocycles. The van der Waals surface area contributed by atoms with Crippen molar-refractivity contribution in [1.82, 2.24) is 10.3 Å². The molecule has 0 radical (unpaired) electrons. The van der Waals surface area contributed by atoms with Crippen molar-refractivity contribution in [3.63, 3.8) is 0 Å². The highest BCUT2D eigenvalue weighted by molar-refractivity contribution is 7.16. The van der Waals surface area contributed by atoms with Crippen molar-refractivity contribution in [2.24, 2.45) is 0 Å². The number of hydrogen-bond donors (Lipinski definition) is 2. The van der Waals surface area contributed by atoms with Crippen molar-refractivity contribution in [2.45, 2.75) is 6.04 Å². The molecule has 0 aliphatic heterocycles. The summed E-state index contributed by atoms with van der Waals surface area (Å²) in [5.74, 6) is -1.52. The number of benzene rings is 2. The van der Waals surface area contributed by atoms with E-state index < -0.39 is 17.9 Å². The molecule has 1 aromatic heterocycles. The Hall–Kier alpha value is -2.73. The summed E-state index contributed by atoms with van der Waals surface area (Å²) in [6.07, 6.45) is 0. The van der Waals surface area contributed by atoms with Crippen molar-refractivity contribution < 1.29 is 14.7 Å². The van der Waals surface area contributed by atoms with Gasteiger partial charge in [-0.3, -0.25) is 4.79 Å². The molecule has 3 rings (SSSR count). The number of rotatable bonds is 4. The normalized spacial score (nSPS) is 12.0. The number of aliphatic carboxylic acids is 1. The van der Waals surface area contributed by atoms with Crippen molar-refractivity contribution in [3.8, 4) is 0 Å². The molecular formula is C16H12N2O3S. The minimum atomic E-state index is -1.10. The number of amides is 1. The predicted molar refractivity (Wildman–Crippen MR) is 83.9 cm³/mol. The first kappa shape index (κ1) is 14.2. The van der Waals surface area contributed by atoms with E-state index in [1.54, 1.807) is 54.0 Å². The van der Waals surface area contributed by atoms with Gasteiger partial charge < -0.3 is 10.4 Å². The number of carbonyl (C=O) groups excluding carboxylic acids is 1. The van der Waals surface area contributed by atoms with Crippen molar-refractivity contribution in [3.05, 3.63) is 65.2 Å². The van der Waals surface area contributed by atoms with E-state index in [0.29, 0.717) is 11.1 Å². The summed E-state index contributed by atoms with van der Waals surface area (Å²) in [5, 5.41) is 11.9. The minimum absolute atomic E-state index is 0.416. The van der Waals surface area contributed by atoms with Crippen LogP contribution >= 0.6 is 11.3 Å². The summed E-state index contributed by atoms with van der Waals surface area (Å²) in [5.41, 5.74) is 3.47. The molecule has 0 bridgehead atoms. The predicted octanol–water partition coefficient (Wildman–Crippen LogP) is 2.85. The molecule has 1 heterocycles. The van der Waals surface area contributed by atoms with Gasteiger partial charge in [0.1, 0.15) is 0 Å². The molecule has 0 unspecified atom stereocenters. The zero-order chi connectivity index (χ0) is 15.5. The third kappa shape index (κ3) is 2.82. The maximum absolute atomic E-state index is 12.3. The van der Waals surface area contributed by atoms with Crippen LogP contribution in [-0.4, -0.2) is 22.0 Å². The fraction of sp³-hybridized carbons (Fsp3) is 0.0625.